The first kappa shape index (κ1) is 19.3. The van der Waals surface area contributed by atoms with Crippen LogP contribution in [0.25, 0.3) is 0 Å². The molecule has 0 saturated carbocycles. The Kier molecular flexibility index (Phi) is 6.91. The third kappa shape index (κ3) is 5.51. The number of nitrogens with one attached hydrogen (secondary N) is 1. The van der Waals surface area contributed by atoms with Gasteiger partial charge in [-0.05, 0) is 76.4 Å². The lowest BCUT2D eigenvalue weighted by Crippen LogP contribution is -2.41. The molecule has 0 bridgehead atoms. The van der Waals surface area contributed by atoms with Gasteiger partial charge in [-0.2, -0.15) is 0 Å². The van der Waals surface area contributed by atoms with E-state index in [0.717, 1.165) is 23.9 Å². The Morgan fingerprint density at radius 2 is 1.80 bits per heavy atom. The summed E-state index contributed by atoms with van der Waals surface area (Å²) in [7, 11) is 4.16. The first-order valence-electron chi connectivity index (χ1n) is 8.58. The van der Waals surface area contributed by atoms with Crippen LogP contribution in [-0.4, -0.2) is 47.1 Å². The van der Waals surface area contributed by atoms with E-state index in [1.54, 1.807) is 0 Å². The molecule has 2 rings (SSSR count). The molecule has 0 aliphatic rings. The molecule has 0 unspecified atom stereocenters. The first-order chi connectivity index (χ1) is 11.9. The summed E-state index contributed by atoms with van der Waals surface area (Å²) in [5.74, 6) is 0. The summed E-state index contributed by atoms with van der Waals surface area (Å²) >= 11 is 5.76. The molecule has 4 nitrogen and oxygen atoms in total. The van der Waals surface area contributed by atoms with Gasteiger partial charge < -0.3 is 15.1 Å². The van der Waals surface area contributed by atoms with Gasteiger partial charge in [0.1, 0.15) is 0 Å². The van der Waals surface area contributed by atoms with Crippen LogP contribution in [0, 0.1) is 13.8 Å². The molecule has 0 spiro atoms. The van der Waals surface area contributed by atoms with Gasteiger partial charge in [0.25, 0.3) is 0 Å². The molecule has 2 aromatic rings. The van der Waals surface area contributed by atoms with Gasteiger partial charge in [-0.1, -0.05) is 17.7 Å². The second-order valence-electron chi connectivity index (χ2n) is 6.70. The van der Waals surface area contributed by atoms with Gasteiger partial charge >= 0.3 is 0 Å². The number of aryl methyl sites for hydroxylation is 2. The minimum Gasteiger partial charge on any atom is -0.341 e. The molecule has 0 fully saturated rings. The predicted octanol–water partition coefficient (Wildman–Crippen LogP) is 4.02. The van der Waals surface area contributed by atoms with Crippen LogP contribution in [0.2, 0.25) is 0 Å². The third-order valence-corrected chi connectivity index (χ3v) is 4.67. The van der Waals surface area contributed by atoms with Crippen LogP contribution in [0.4, 0.5) is 5.69 Å². The van der Waals surface area contributed by atoms with Crippen molar-refractivity contribution in [3.8, 4) is 0 Å². The average molecular weight is 357 g/mol. The van der Waals surface area contributed by atoms with Gasteiger partial charge in [-0.3, -0.25) is 4.98 Å². The number of benzene rings is 1. The van der Waals surface area contributed by atoms with E-state index in [9.17, 15) is 0 Å². The maximum Gasteiger partial charge on any atom is 0.173 e. The number of hydrogen-bond donors (Lipinski definition) is 1. The van der Waals surface area contributed by atoms with Crippen LogP contribution in [0.5, 0.6) is 0 Å². The molecular formula is C20H28N4S. The normalized spacial score (nSPS) is 12.1. The summed E-state index contributed by atoms with van der Waals surface area (Å²) in [6.07, 6.45) is 3.66. The van der Waals surface area contributed by atoms with E-state index >= 15 is 0 Å². The largest absolute Gasteiger partial charge is 0.341 e. The maximum atomic E-state index is 5.76. The Labute approximate surface area is 156 Å². The van der Waals surface area contributed by atoms with Gasteiger partial charge in [-0.15, -0.1) is 0 Å². The molecule has 1 aromatic heterocycles. The minimum absolute atomic E-state index is 0.175. The van der Waals surface area contributed by atoms with E-state index in [0.29, 0.717) is 0 Å². The van der Waals surface area contributed by atoms with E-state index < -0.39 is 0 Å². The number of aromatic nitrogens is 1. The quantitative estimate of drug-likeness (QED) is 0.790. The number of thiocarbonyl (C=S) groups is 1. The van der Waals surface area contributed by atoms with Gasteiger partial charge in [-0.25, -0.2) is 0 Å². The number of rotatable bonds is 6. The summed E-state index contributed by atoms with van der Waals surface area (Å²) in [6.45, 7) is 8.18. The molecule has 1 heterocycles. The van der Waals surface area contributed by atoms with Crippen molar-refractivity contribution in [1.29, 1.82) is 0 Å². The lowest BCUT2D eigenvalue weighted by molar-refractivity contribution is 0.289. The molecule has 1 aromatic carbocycles. The molecule has 5 heteroatoms. The number of likely N-dealkylation sites (N-methyl/N-ethyl adjacent to an activating group) is 1. The standard InChI is InChI=1S/C20H28N4S/c1-15-6-7-19(16(2)14-15)22-20(25)24(13-12-23(4)5)17(3)18-8-10-21-11-9-18/h6-11,14,17H,12-13H2,1-5H3,(H,22,25)/t17-/m1/s1. The Hall–Kier alpha value is -1.98. The molecule has 1 N–H and O–H groups in total. The highest BCUT2D eigenvalue weighted by atomic mass is 32.1. The van der Waals surface area contributed by atoms with Crippen LogP contribution in [0.3, 0.4) is 0 Å². The van der Waals surface area contributed by atoms with E-state index in [-0.39, 0.29) is 6.04 Å². The van der Waals surface area contributed by atoms with Crippen molar-refractivity contribution in [2.45, 2.75) is 26.8 Å². The molecule has 1 atom stereocenters. The third-order valence-electron chi connectivity index (χ3n) is 4.33. The van der Waals surface area contributed by atoms with Gasteiger partial charge in [0.05, 0.1) is 6.04 Å². The van der Waals surface area contributed by atoms with Crippen molar-refractivity contribution in [3.63, 3.8) is 0 Å². The van der Waals surface area contributed by atoms with Crippen molar-refractivity contribution in [1.82, 2.24) is 14.8 Å². The number of anilines is 1. The van der Waals surface area contributed by atoms with Crippen LogP contribution >= 0.6 is 12.2 Å². The second kappa shape index (κ2) is 8.92. The molecule has 134 valence electrons. The van der Waals surface area contributed by atoms with Gasteiger partial charge in [0.15, 0.2) is 5.11 Å². The predicted molar refractivity (Wildman–Crippen MR) is 110 cm³/mol. The Bertz CT molecular complexity index is 700. The summed E-state index contributed by atoms with van der Waals surface area (Å²) < 4.78 is 0. The fraction of sp³-hybridized carbons (Fsp3) is 0.400. The minimum atomic E-state index is 0.175. The maximum absolute atomic E-state index is 5.76. The van der Waals surface area contributed by atoms with Crippen LogP contribution in [0.15, 0.2) is 42.7 Å². The lowest BCUT2D eigenvalue weighted by atomic mass is 10.1. The number of pyridine rings is 1. The Morgan fingerprint density at radius 3 is 2.40 bits per heavy atom. The summed E-state index contributed by atoms with van der Waals surface area (Å²) in [5, 5.41) is 4.18. The van der Waals surface area contributed by atoms with E-state index in [1.807, 2.05) is 24.5 Å². The topological polar surface area (TPSA) is 31.4 Å². The Balaban J connectivity index is 2.20. The van der Waals surface area contributed by atoms with Crippen LogP contribution in [0.1, 0.15) is 29.7 Å². The average Bonchev–Trinajstić information content (AvgIpc) is 2.58. The van der Waals surface area contributed by atoms with Crippen molar-refractivity contribution in [3.05, 3.63) is 59.4 Å². The zero-order valence-electron chi connectivity index (χ0n) is 15.8. The lowest BCUT2D eigenvalue weighted by Gasteiger charge is -2.33. The highest BCUT2D eigenvalue weighted by Gasteiger charge is 2.19. The smallest absolute Gasteiger partial charge is 0.173 e. The molecule has 0 saturated heterocycles. The van der Waals surface area contributed by atoms with E-state index in [4.69, 9.17) is 12.2 Å². The molecule has 0 amide bonds. The fourth-order valence-corrected chi connectivity index (χ4v) is 3.10. The molecular weight excluding hydrogens is 328 g/mol. The van der Waals surface area contributed by atoms with Crippen LogP contribution in [-0.2, 0) is 0 Å². The molecule has 25 heavy (non-hydrogen) atoms. The monoisotopic (exact) mass is 356 g/mol. The molecule has 0 radical (unpaired) electrons. The van der Waals surface area contributed by atoms with Gasteiger partial charge in [0.2, 0.25) is 0 Å². The summed E-state index contributed by atoms with van der Waals surface area (Å²) in [5.41, 5.74) is 4.72. The highest BCUT2D eigenvalue weighted by Crippen LogP contribution is 2.22. The van der Waals surface area contributed by atoms with E-state index in [1.165, 1.54) is 16.7 Å². The second-order valence-corrected chi connectivity index (χ2v) is 7.09. The van der Waals surface area contributed by atoms with Crippen molar-refractivity contribution < 1.29 is 0 Å². The summed E-state index contributed by atoms with van der Waals surface area (Å²) in [6, 6.07) is 10.6. The highest BCUT2D eigenvalue weighted by molar-refractivity contribution is 7.80. The number of hydrogen-bond acceptors (Lipinski definition) is 3. The number of nitrogens with zero attached hydrogens (tertiary/aromatic N) is 3. The molecule has 0 aliphatic heterocycles. The summed E-state index contributed by atoms with van der Waals surface area (Å²) in [4.78, 5) is 8.53. The van der Waals surface area contributed by atoms with Crippen LogP contribution < -0.4 is 5.32 Å². The van der Waals surface area contributed by atoms with Crippen molar-refractivity contribution in [2.75, 3.05) is 32.5 Å². The SMILES string of the molecule is Cc1ccc(NC(=S)N(CCN(C)C)[C@H](C)c2ccncc2)c(C)c1. The molecule has 0 aliphatic carbocycles. The van der Waals surface area contributed by atoms with Gasteiger partial charge in [0, 0.05) is 31.2 Å². The van der Waals surface area contributed by atoms with E-state index in [2.05, 4.69) is 73.2 Å². The zero-order chi connectivity index (χ0) is 18.4. The van der Waals surface area contributed by atoms with Crippen molar-refractivity contribution >= 4 is 23.0 Å². The Morgan fingerprint density at radius 1 is 1.12 bits per heavy atom. The fourth-order valence-electron chi connectivity index (χ4n) is 2.74. The zero-order valence-corrected chi connectivity index (χ0v) is 16.6. The first-order valence-corrected chi connectivity index (χ1v) is 8.99. The van der Waals surface area contributed by atoms with Crippen molar-refractivity contribution in [2.24, 2.45) is 0 Å².